The minimum absolute atomic E-state index is 0.337. The first-order valence-electron chi connectivity index (χ1n) is 4.16. The van der Waals surface area contributed by atoms with E-state index in [-0.39, 0.29) is 5.82 Å². The van der Waals surface area contributed by atoms with E-state index in [2.05, 4.69) is 15.9 Å². The van der Waals surface area contributed by atoms with Crippen LogP contribution in [0.5, 0.6) is 0 Å². The predicted molar refractivity (Wildman–Crippen MR) is 54.0 cm³/mol. The monoisotopic (exact) mass is 246 g/mol. The van der Waals surface area contributed by atoms with Crippen LogP contribution in [0, 0.1) is 5.82 Å². The molecule has 0 amide bonds. The highest BCUT2D eigenvalue weighted by molar-refractivity contribution is 9.10. The highest BCUT2D eigenvalue weighted by Crippen LogP contribution is 2.29. The lowest BCUT2D eigenvalue weighted by Gasteiger charge is -2.22. The lowest BCUT2D eigenvalue weighted by atomic mass is 9.93. The van der Waals surface area contributed by atoms with Crippen molar-refractivity contribution in [2.75, 3.05) is 0 Å². The molecule has 1 unspecified atom stereocenters. The van der Waals surface area contributed by atoms with E-state index in [1.165, 1.54) is 0 Å². The minimum atomic E-state index is -1.09. The number of halogens is 2. The molecule has 1 rings (SSSR count). The van der Waals surface area contributed by atoms with Gasteiger partial charge in [-0.25, -0.2) is 4.39 Å². The third kappa shape index (κ3) is 2.09. The van der Waals surface area contributed by atoms with E-state index in [1.54, 1.807) is 25.1 Å². The zero-order valence-corrected chi connectivity index (χ0v) is 9.23. The van der Waals surface area contributed by atoms with Crippen molar-refractivity contribution in [1.82, 2.24) is 0 Å². The van der Waals surface area contributed by atoms with Gasteiger partial charge in [0.25, 0.3) is 0 Å². The third-order valence-electron chi connectivity index (χ3n) is 2.22. The van der Waals surface area contributed by atoms with Gasteiger partial charge >= 0.3 is 0 Å². The molecule has 1 nitrogen and oxygen atoms in total. The van der Waals surface area contributed by atoms with Crippen molar-refractivity contribution in [3.05, 3.63) is 34.1 Å². The number of hydrogen-bond acceptors (Lipinski definition) is 1. The van der Waals surface area contributed by atoms with Crippen molar-refractivity contribution in [3.63, 3.8) is 0 Å². The third-order valence-corrected chi connectivity index (χ3v) is 2.83. The lowest BCUT2D eigenvalue weighted by Crippen LogP contribution is -2.21. The Hall–Kier alpha value is -0.410. The molecule has 0 aliphatic rings. The van der Waals surface area contributed by atoms with Crippen molar-refractivity contribution >= 4 is 15.9 Å². The SMILES string of the molecule is CCC(C)(O)c1cccc(Br)c1F. The van der Waals surface area contributed by atoms with E-state index in [1.807, 2.05) is 6.92 Å². The molecule has 1 N–H and O–H groups in total. The van der Waals surface area contributed by atoms with E-state index in [0.717, 1.165) is 0 Å². The Labute approximate surface area is 85.7 Å². The van der Waals surface area contributed by atoms with Crippen LogP contribution in [0.1, 0.15) is 25.8 Å². The summed E-state index contributed by atoms with van der Waals surface area (Å²) in [5.41, 5.74) is -0.752. The van der Waals surface area contributed by atoms with Gasteiger partial charge in [0.15, 0.2) is 0 Å². The molecule has 0 aromatic heterocycles. The van der Waals surface area contributed by atoms with Crippen LogP contribution in [0.4, 0.5) is 4.39 Å². The molecule has 0 saturated heterocycles. The summed E-state index contributed by atoms with van der Waals surface area (Å²) in [5.74, 6) is -0.380. The molecule has 13 heavy (non-hydrogen) atoms. The molecular formula is C10H12BrFO. The predicted octanol–water partition coefficient (Wildman–Crippen LogP) is 3.21. The summed E-state index contributed by atoms with van der Waals surface area (Å²) >= 11 is 3.08. The van der Waals surface area contributed by atoms with Crippen LogP contribution in [0.25, 0.3) is 0 Å². The van der Waals surface area contributed by atoms with Crippen LogP contribution >= 0.6 is 15.9 Å². The van der Waals surface area contributed by atoms with Crippen molar-refractivity contribution in [2.45, 2.75) is 25.9 Å². The standard InChI is InChI=1S/C10H12BrFO/c1-3-10(2,13)7-5-4-6-8(11)9(7)12/h4-6,13H,3H2,1-2H3. The first kappa shape index (κ1) is 10.7. The summed E-state index contributed by atoms with van der Waals surface area (Å²) in [6.07, 6.45) is 0.486. The lowest BCUT2D eigenvalue weighted by molar-refractivity contribution is 0.0492. The molecule has 1 aromatic rings. The molecule has 0 radical (unpaired) electrons. The fourth-order valence-corrected chi connectivity index (χ4v) is 1.48. The zero-order chi connectivity index (χ0) is 10.1. The largest absolute Gasteiger partial charge is 0.385 e. The van der Waals surface area contributed by atoms with E-state index in [4.69, 9.17) is 0 Å². The summed E-state index contributed by atoms with van der Waals surface area (Å²) in [4.78, 5) is 0. The van der Waals surface area contributed by atoms with Crippen molar-refractivity contribution in [1.29, 1.82) is 0 Å². The maximum Gasteiger partial charge on any atom is 0.143 e. The quantitative estimate of drug-likeness (QED) is 0.850. The van der Waals surface area contributed by atoms with Gasteiger partial charge in [0.2, 0.25) is 0 Å². The van der Waals surface area contributed by atoms with Crippen LogP contribution in [0.15, 0.2) is 22.7 Å². The Kier molecular flexibility index (Phi) is 3.09. The molecule has 0 fully saturated rings. The molecule has 0 aliphatic heterocycles. The topological polar surface area (TPSA) is 20.2 Å². The van der Waals surface area contributed by atoms with Gasteiger partial charge < -0.3 is 5.11 Å². The number of hydrogen-bond donors (Lipinski definition) is 1. The van der Waals surface area contributed by atoms with Gasteiger partial charge in [0.1, 0.15) is 5.82 Å². The van der Waals surface area contributed by atoms with Crippen LogP contribution in [-0.4, -0.2) is 5.11 Å². The normalized spacial score (nSPS) is 15.5. The molecule has 0 aliphatic carbocycles. The molecule has 0 saturated carbocycles. The van der Waals surface area contributed by atoms with Crippen molar-refractivity contribution < 1.29 is 9.50 Å². The van der Waals surface area contributed by atoms with Crippen LogP contribution in [-0.2, 0) is 5.60 Å². The van der Waals surface area contributed by atoms with Gasteiger partial charge in [-0.3, -0.25) is 0 Å². The maximum atomic E-state index is 13.5. The Morgan fingerprint density at radius 2 is 2.15 bits per heavy atom. The highest BCUT2D eigenvalue weighted by Gasteiger charge is 2.24. The average molecular weight is 247 g/mol. The van der Waals surface area contributed by atoms with Gasteiger partial charge in [-0.05, 0) is 35.3 Å². The fourth-order valence-electron chi connectivity index (χ4n) is 1.11. The number of rotatable bonds is 2. The molecular weight excluding hydrogens is 235 g/mol. The van der Waals surface area contributed by atoms with Gasteiger partial charge in [-0.1, -0.05) is 19.1 Å². The van der Waals surface area contributed by atoms with E-state index in [9.17, 15) is 9.50 Å². The Balaban J connectivity index is 3.22. The smallest absolute Gasteiger partial charge is 0.143 e. The average Bonchev–Trinajstić information content (AvgIpc) is 2.09. The summed E-state index contributed by atoms with van der Waals surface area (Å²) in [6, 6.07) is 4.93. The Morgan fingerprint density at radius 1 is 1.54 bits per heavy atom. The Bertz CT molecular complexity index is 310. The molecule has 3 heteroatoms. The molecule has 1 aromatic carbocycles. The summed E-state index contributed by atoms with van der Waals surface area (Å²) in [7, 11) is 0. The van der Waals surface area contributed by atoms with Crippen molar-refractivity contribution in [3.8, 4) is 0 Å². The molecule has 0 bridgehead atoms. The maximum absolute atomic E-state index is 13.5. The molecule has 72 valence electrons. The highest BCUT2D eigenvalue weighted by atomic mass is 79.9. The number of aliphatic hydroxyl groups is 1. The summed E-state index contributed by atoms with van der Waals surface area (Å²) in [6.45, 7) is 3.43. The Morgan fingerprint density at radius 3 is 2.69 bits per heavy atom. The van der Waals surface area contributed by atoms with Crippen LogP contribution < -0.4 is 0 Å². The van der Waals surface area contributed by atoms with Gasteiger partial charge in [-0.15, -0.1) is 0 Å². The minimum Gasteiger partial charge on any atom is -0.385 e. The van der Waals surface area contributed by atoms with Gasteiger partial charge in [-0.2, -0.15) is 0 Å². The second-order valence-corrected chi connectivity index (χ2v) is 4.08. The van der Waals surface area contributed by atoms with Crippen LogP contribution in [0.3, 0.4) is 0 Å². The fraction of sp³-hybridized carbons (Fsp3) is 0.400. The molecule has 0 heterocycles. The first-order valence-corrected chi connectivity index (χ1v) is 4.95. The molecule has 1 atom stereocenters. The molecule has 0 spiro atoms. The van der Waals surface area contributed by atoms with E-state index >= 15 is 0 Å². The first-order chi connectivity index (χ1) is 5.99. The van der Waals surface area contributed by atoms with Gasteiger partial charge in [0, 0.05) is 5.56 Å². The number of benzene rings is 1. The van der Waals surface area contributed by atoms with E-state index in [0.29, 0.717) is 16.5 Å². The van der Waals surface area contributed by atoms with Crippen molar-refractivity contribution in [2.24, 2.45) is 0 Å². The van der Waals surface area contributed by atoms with Gasteiger partial charge in [0.05, 0.1) is 10.1 Å². The summed E-state index contributed by atoms with van der Waals surface area (Å²) in [5, 5.41) is 9.84. The second-order valence-electron chi connectivity index (χ2n) is 3.23. The van der Waals surface area contributed by atoms with Crippen LogP contribution in [0.2, 0.25) is 0 Å². The second kappa shape index (κ2) is 3.76. The summed E-state index contributed by atoms with van der Waals surface area (Å²) < 4.78 is 13.9. The van der Waals surface area contributed by atoms with E-state index < -0.39 is 5.60 Å². The zero-order valence-electron chi connectivity index (χ0n) is 7.64.